The van der Waals surface area contributed by atoms with Crippen molar-refractivity contribution in [2.24, 2.45) is 0 Å². The van der Waals surface area contributed by atoms with Gasteiger partial charge in [0, 0.05) is 16.3 Å². The molecule has 0 bridgehead atoms. The summed E-state index contributed by atoms with van der Waals surface area (Å²) < 4.78 is 14.3. The van der Waals surface area contributed by atoms with Crippen LogP contribution in [0.3, 0.4) is 0 Å². The predicted molar refractivity (Wildman–Crippen MR) is 97.2 cm³/mol. The van der Waals surface area contributed by atoms with Gasteiger partial charge in [-0.1, -0.05) is 72.8 Å². The van der Waals surface area contributed by atoms with Gasteiger partial charge >= 0.3 is 0 Å². The summed E-state index contributed by atoms with van der Waals surface area (Å²) in [6, 6.07) is 19.4. The topological polar surface area (TPSA) is 37.3 Å². The molecule has 1 aliphatic carbocycles. The second kappa shape index (κ2) is 7.29. The summed E-state index contributed by atoms with van der Waals surface area (Å²) >= 11 is 0. The third-order valence-corrected chi connectivity index (χ3v) is 8.28. The van der Waals surface area contributed by atoms with E-state index in [1.165, 1.54) is 0 Å². The van der Waals surface area contributed by atoms with Gasteiger partial charge in [0.2, 0.25) is 0 Å². The van der Waals surface area contributed by atoms with Crippen molar-refractivity contribution in [1.82, 2.24) is 0 Å². The number of aliphatic hydroxyl groups is 1. The van der Waals surface area contributed by atoms with Crippen LogP contribution in [0.15, 0.2) is 72.8 Å². The molecule has 1 N–H and O–H groups in total. The highest BCUT2D eigenvalue weighted by atomic mass is 31.2. The molecule has 0 unspecified atom stereocenters. The van der Waals surface area contributed by atoms with Gasteiger partial charge in [0.05, 0.1) is 6.10 Å². The maximum Gasteiger partial charge on any atom is 0.148 e. The van der Waals surface area contributed by atoms with Crippen molar-refractivity contribution in [3.05, 3.63) is 72.8 Å². The van der Waals surface area contributed by atoms with Crippen LogP contribution in [-0.2, 0) is 4.57 Å². The molecule has 2 atom stereocenters. The highest BCUT2D eigenvalue weighted by molar-refractivity contribution is 7.79. The highest BCUT2D eigenvalue weighted by Crippen LogP contribution is 2.52. The Labute approximate surface area is 138 Å². The van der Waals surface area contributed by atoms with Gasteiger partial charge in [0.1, 0.15) is 7.14 Å². The second-order valence-corrected chi connectivity index (χ2v) is 9.10. The summed E-state index contributed by atoms with van der Waals surface area (Å²) in [5.41, 5.74) is -0.225. The summed E-state index contributed by atoms with van der Waals surface area (Å²) in [5.74, 6) is 0. The van der Waals surface area contributed by atoms with Crippen molar-refractivity contribution >= 4 is 17.8 Å². The Balaban J connectivity index is 2.12. The van der Waals surface area contributed by atoms with Crippen LogP contribution in [0.5, 0.6) is 0 Å². The molecule has 23 heavy (non-hydrogen) atoms. The molecule has 2 aromatic carbocycles. The van der Waals surface area contributed by atoms with Crippen LogP contribution >= 0.6 is 7.14 Å². The first-order valence-electron chi connectivity index (χ1n) is 8.27. The zero-order valence-electron chi connectivity index (χ0n) is 13.2. The lowest BCUT2D eigenvalue weighted by molar-refractivity contribution is 0.155. The molecule has 2 aromatic rings. The number of allylic oxidation sites excluding steroid dienone is 2. The first kappa shape index (κ1) is 16.2. The van der Waals surface area contributed by atoms with Crippen LogP contribution in [-0.4, -0.2) is 16.9 Å². The Morgan fingerprint density at radius 3 is 1.78 bits per heavy atom. The van der Waals surface area contributed by atoms with Crippen molar-refractivity contribution in [3.8, 4) is 0 Å². The van der Waals surface area contributed by atoms with Crippen LogP contribution in [0.4, 0.5) is 0 Å². The first-order chi connectivity index (χ1) is 11.2. The molecular formula is C20H23O2P. The molecule has 1 aliphatic rings. The van der Waals surface area contributed by atoms with Crippen molar-refractivity contribution in [2.75, 3.05) is 0 Å². The maximum atomic E-state index is 14.3. The standard InChI is InChI=1S/C20H23O2P/c21-19-15-9-1-2-10-16-20(19)23(22,17-11-5-3-6-12-17)18-13-7-4-8-14-18/h1-8,11-14,19-21H,9-10,15-16H2/t19-,20+/m0/s1. The van der Waals surface area contributed by atoms with E-state index in [9.17, 15) is 9.67 Å². The zero-order chi connectivity index (χ0) is 16.1. The molecule has 3 rings (SSSR count). The molecule has 0 spiro atoms. The highest BCUT2D eigenvalue weighted by Gasteiger charge is 2.40. The molecule has 0 amide bonds. The Bertz CT molecular complexity index is 651. The lowest BCUT2D eigenvalue weighted by Gasteiger charge is -2.32. The fraction of sp³-hybridized carbons (Fsp3) is 0.300. The smallest absolute Gasteiger partial charge is 0.148 e. The normalized spacial score (nSPS) is 22.3. The molecule has 0 aromatic heterocycles. The SMILES string of the molecule is O=P(c1ccccc1)(c1ccccc1)[C@@H]1CCC=CCC[C@@H]1O. The van der Waals surface area contributed by atoms with Gasteiger partial charge in [-0.05, 0) is 25.7 Å². The minimum Gasteiger partial charge on any atom is -0.392 e. The summed E-state index contributed by atoms with van der Waals surface area (Å²) in [7, 11) is -2.89. The molecule has 3 heteroatoms. The summed E-state index contributed by atoms with van der Waals surface area (Å²) in [4.78, 5) is 0. The van der Waals surface area contributed by atoms with Crippen LogP contribution in [0.2, 0.25) is 0 Å². The Morgan fingerprint density at radius 2 is 1.26 bits per heavy atom. The Kier molecular flexibility index (Phi) is 5.15. The fourth-order valence-electron chi connectivity index (χ4n) is 3.41. The van der Waals surface area contributed by atoms with Crippen molar-refractivity contribution in [2.45, 2.75) is 37.4 Å². The maximum absolute atomic E-state index is 14.3. The van der Waals surface area contributed by atoms with Gasteiger partial charge < -0.3 is 9.67 Å². The van der Waals surface area contributed by atoms with Gasteiger partial charge in [-0.25, -0.2) is 0 Å². The lowest BCUT2D eigenvalue weighted by atomic mass is 10.0. The molecule has 0 fully saturated rings. The molecular weight excluding hydrogens is 303 g/mol. The third kappa shape index (κ3) is 3.34. The average molecular weight is 326 g/mol. The van der Waals surface area contributed by atoms with E-state index in [1.54, 1.807) is 0 Å². The van der Waals surface area contributed by atoms with E-state index in [1.807, 2.05) is 60.7 Å². The van der Waals surface area contributed by atoms with E-state index < -0.39 is 13.2 Å². The van der Waals surface area contributed by atoms with E-state index in [0.717, 1.165) is 29.9 Å². The number of rotatable bonds is 3. The number of hydrogen-bond donors (Lipinski definition) is 1. The minimum absolute atomic E-state index is 0.225. The number of benzene rings is 2. The molecule has 0 saturated carbocycles. The molecule has 0 heterocycles. The van der Waals surface area contributed by atoms with Gasteiger partial charge in [-0.15, -0.1) is 0 Å². The molecule has 0 saturated heterocycles. The summed E-state index contributed by atoms with van der Waals surface area (Å²) in [6.07, 6.45) is 6.87. The van der Waals surface area contributed by atoms with Crippen LogP contribution in [0.1, 0.15) is 25.7 Å². The van der Waals surface area contributed by atoms with E-state index in [-0.39, 0.29) is 5.66 Å². The van der Waals surface area contributed by atoms with E-state index in [0.29, 0.717) is 6.42 Å². The molecule has 120 valence electrons. The summed E-state index contributed by atoms with van der Waals surface area (Å²) in [6.45, 7) is 0. The fourth-order valence-corrected chi connectivity index (χ4v) is 6.85. The number of hydrogen-bond acceptors (Lipinski definition) is 2. The van der Waals surface area contributed by atoms with Crippen LogP contribution < -0.4 is 10.6 Å². The molecule has 0 radical (unpaired) electrons. The molecule has 2 nitrogen and oxygen atoms in total. The van der Waals surface area contributed by atoms with E-state index in [4.69, 9.17) is 0 Å². The summed E-state index contributed by atoms with van der Waals surface area (Å²) in [5, 5.41) is 12.4. The second-order valence-electron chi connectivity index (χ2n) is 6.09. The van der Waals surface area contributed by atoms with Gasteiger partial charge in [0.25, 0.3) is 0 Å². The monoisotopic (exact) mass is 326 g/mol. The van der Waals surface area contributed by atoms with Crippen molar-refractivity contribution in [1.29, 1.82) is 0 Å². The van der Waals surface area contributed by atoms with Gasteiger partial charge in [-0.2, -0.15) is 0 Å². The Morgan fingerprint density at radius 1 is 0.783 bits per heavy atom. The molecule has 0 aliphatic heterocycles. The third-order valence-electron chi connectivity index (χ3n) is 4.62. The lowest BCUT2D eigenvalue weighted by Crippen LogP contribution is -2.35. The minimum atomic E-state index is -2.89. The van der Waals surface area contributed by atoms with E-state index in [2.05, 4.69) is 12.2 Å². The average Bonchev–Trinajstić information content (AvgIpc) is 2.59. The zero-order valence-corrected chi connectivity index (χ0v) is 14.1. The van der Waals surface area contributed by atoms with Crippen molar-refractivity contribution in [3.63, 3.8) is 0 Å². The van der Waals surface area contributed by atoms with Crippen LogP contribution in [0.25, 0.3) is 0 Å². The largest absolute Gasteiger partial charge is 0.392 e. The first-order valence-corrected chi connectivity index (χ1v) is 10.0. The van der Waals surface area contributed by atoms with Gasteiger partial charge in [0.15, 0.2) is 0 Å². The Hall–Kier alpha value is -1.63. The quantitative estimate of drug-likeness (QED) is 0.687. The van der Waals surface area contributed by atoms with E-state index >= 15 is 0 Å². The number of aliphatic hydroxyl groups excluding tert-OH is 1. The van der Waals surface area contributed by atoms with Crippen molar-refractivity contribution < 1.29 is 9.67 Å². The van der Waals surface area contributed by atoms with Crippen LogP contribution in [0, 0.1) is 0 Å². The predicted octanol–water partition coefficient (Wildman–Crippen LogP) is 3.86. The van der Waals surface area contributed by atoms with Gasteiger partial charge in [-0.3, -0.25) is 0 Å².